The fourth-order valence-corrected chi connectivity index (χ4v) is 4.71. The molecular weight excluding hydrogens is 494 g/mol. The van der Waals surface area contributed by atoms with Gasteiger partial charge < -0.3 is 20.7 Å². The molecule has 3 rings (SSSR count). The van der Waals surface area contributed by atoms with Gasteiger partial charge in [-0.1, -0.05) is 18.2 Å². The number of benzene rings is 2. The number of alkyl carbamates (subject to hydrolysis) is 1. The van der Waals surface area contributed by atoms with Gasteiger partial charge in [0, 0.05) is 37.4 Å². The molecule has 1 saturated heterocycles. The van der Waals surface area contributed by atoms with E-state index in [1.54, 1.807) is 32.9 Å². The van der Waals surface area contributed by atoms with Gasteiger partial charge in [-0.2, -0.15) is 5.26 Å². The number of rotatable bonds is 8. The van der Waals surface area contributed by atoms with E-state index in [4.69, 9.17) is 15.7 Å². The van der Waals surface area contributed by atoms with Crippen LogP contribution in [0.15, 0.2) is 42.5 Å². The number of carbonyl (C=O) groups is 3. The standard InChI is InChI=1S/C30H39N5O4/c1-21-7-10-25(27(36)34-17-13-24(14-18-34)23-11-8-22(20-31)9-12-23)19-26(21)35(28(32)37)16-6-5-15-33-29(38)39-30(2,3)4/h7-12,19,24H,5-6,13-18H2,1-4H3,(H2,32,37)(H,33,38). The van der Waals surface area contributed by atoms with Gasteiger partial charge in [0.25, 0.3) is 5.91 Å². The molecule has 1 aliphatic heterocycles. The van der Waals surface area contributed by atoms with Crippen molar-refractivity contribution in [2.45, 2.75) is 64.9 Å². The number of ether oxygens (including phenoxy) is 1. The van der Waals surface area contributed by atoms with Crippen LogP contribution in [0.4, 0.5) is 15.3 Å². The molecule has 0 aromatic heterocycles. The maximum atomic E-state index is 13.3. The normalized spacial score (nSPS) is 13.9. The molecule has 0 spiro atoms. The average molecular weight is 534 g/mol. The van der Waals surface area contributed by atoms with Crippen LogP contribution in [0.3, 0.4) is 0 Å². The quantitative estimate of drug-likeness (QED) is 0.458. The third-order valence-corrected chi connectivity index (χ3v) is 6.78. The summed E-state index contributed by atoms with van der Waals surface area (Å²) in [5, 5.41) is 11.7. The van der Waals surface area contributed by atoms with Crippen molar-refractivity contribution in [3.63, 3.8) is 0 Å². The van der Waals surface area contributed by atoms with E-state index < -0.39 is 17.7 Å². The minimum Gasteiger partial charge on any atom is -0.444 e. The van der Waals surface area contributed by atoms with Crippen LogP contribution in [0.25, 0.3) is 0 Å². The Labute approximate surface area is 230 Å². The van der Waals surface area contributed by atoms with Crippen molar-refractivity contribution in [3.8, 4) is 6.07 Å². The maximum absolute atomic E-state index is 13.3. The molecule has 1 heterocycles. The van der Waals surface area contributed by atoms with Crippen molar-refractivity contribution >= 4 is 23.7 Å². The Balaban J connectivity index is 1.58. The Bertz CT molecular complexity index is 1210. The highest BCUT2D eigenvalue weighted by molar-refractivity contribution is 5.98. The van der Waals surface area contributed by atoms with Crippen LogP contribution in [0.1, 0.15) is 79.4 Å². The number of hydrogen-bond donors (Lipinski definition) is 2. The number of unbranched alkanes of at least 4 members (excludes halogenated alkanes) is 1. The molecule has 0 unspecified atom stereocenters. The molecule has 0 bridgehead atoms. The smallest absolute Gasteiger partial charge is 0.407 e. The second kappa shape index (κ2) is 13.1. The molecule has 0 radical (unpaired) electrons. The first kappa shape index (κ1) is 29.5. The first-order valence-electron chi connectivity index (χ1n) is 13.4. The van der Waals surface area contributed by atoms with Gasteiger partial charge >= 0.3 is 12.1 Å². The van der Waals surface area contributed by atoms with Crippen LogP contribution >= 0.6 is 0 Å². The van der Waals surface area contributed by atoms with Crippen LogP contribution in [0, 0.1) is 18.3 Å². The first-order valence-corrected chi connectivity index (χ1v) is 13.4. The minimum absolute atomic E-state index is 0.0690. The lowest BCUT2D eigenvalue weighted by atomic mass is 9.89. The summed E-state index contributed by atoms with van der Waals surface area (Å²) >= 11 is 0. The van der Waals surface area contributed by atoms with Gasteiger partial charge in [-0.15, -0.1) is 0 Å². The summed E-state index contributed by atoms with van der Waals surface area (Å²) in [5.41, 5.74) is 8.96. The summed E-state index contributed by atoms with van der Waals surface area (Å²) in [6.07, 6.45) is 2.47. The fourth-order valence-electron chi connectivity index (χ4n) is 4.71. The van der Waals surface area contributed by atoms with Gasteiger partial charge in [0.1, 0.15) is 5.60 Å². The SMILES string of the molecule is Cc1ccc(C(=O)N2CCC(c3ccc(C#N)cc3)CC2)cc1N(CCCCNC(=O)OC(C)(C)C)C(N)=O. The van der Waals surface area contributed by atoms with E-state index in [-0.39, 0.29) is 5.91 Å². The van der Waals surface area contributed by atoms with E-state index in [0.717, 1.165) is 18.4 Å². The Hall–Kier alpha value is -4.06. The Morgan fingerprint density at radius 3 is 2.36 bits per heavy atom. The first-order chi connectivity index (χ1) is 18.5. The molecule has 9 nitrogen and oxygen atoms in total. The van der Waals surface area contributed by atoms with E-state index in [0.29, 0.717) is 61.8 Å². The van der Waals surface area contributed by atoms with Crippen LogP contribution in [-0.4, -0.2) is 54.7 Å². The van der Waals surface area contributed by atoms with Gasteiger partial charge in [0.15, 0.2) is 0 Å². The molecule has 4 amide bonds. The second-order valence-corrected chi connectivity index (χ2v) is 10.9. The molecule has 3 N–H and O–H groups in total. The number of amides is 4. The van der Waals surface area contributed by atoms with Crippen LogP contribution < -0.4 is 16.0 Å². The second-order valence-electron chi connectivity index (χ2n) is 10.9. The molecule has 9 heteroatoms. The monoisotopic (exact) mass is 533 g/mol. The van der Waals surface area contributed by atoms with Gasteiger partial charge in [0.05, 0.1) is 11.6 Å². The lowest BCUT2D eigenvalue weighted by Crippen LogP contribution is -2.39. The lowest BCUT2D eigenvalue weighted by molar-refractivity contribution is 0.0526. The summed E-state index contributed by atoms with van der Waals surface area (Å²) in [6.45, 7) is 9.34. The number of primary amides is 1. The minimum atomic E-state index is -0.592. The predicted octanol–water partition coefficient (Wildman–Crippen LogP) is 5.08. The summed E-state index contributed by atoms with van der Waals surface area (Å²) < 4.78 is 5.23. The third kappa shape index (κ3) is 8.47. The third-order valence-electron chi connectivity index (χ3n) is 6.78. The van der Waals surface area contributed by atoms with Crippen molar-refractivity contribution in [3.05, 3.63) is 64.7 Å². The molecule has 208 valence electrons. The predicted molar refractivity (Wildman–Crippen MR) is 151 cm³/mol. The molecule has 0 aliphatic carbocycles. The van der Waals surface area contributed by atoms with Crippen molar-refractivity contribution in [1.29, 1.82) is 5.26 Å². The molecule has 39 heavy (non-hydrogen) atoms. The number of carbonyl (C=O) groups excluding carboxylic acids is 3. The molecule has 0 saturated carbocycles. The van der Waals surface area contributed by atoms with Gasteiger partial charge in [-0.05, 0) is 94.7 Å². The van der Waals surface area contributed by atoms with Gasteiger partial charge in [-0.25, -0.2) is 9.59 Å². The number of nitrogens with one attached hydrogen (secondary N) is 1. The van der Waals surface area contributed by atoms with E-state index in [1.807, 2.05) is 42.2 Å². The highest BCUT2D eigenvalue weighted by Gasteiger charge is 2.26. The number of hydrogen-bond acceptors (Lipinski definition) is 5. The molecule has 1 aliphatic rings. The Morgan fingerprint density at radius 1 is 1.10 bits per heavy atom. The number of piperidine rings is 1. The lowest BCUT2D eigenvalue weighted by Gasteiger charge is -2.32. The summed E-state index contributed by atoms with van der Waals surface area (Å²) in [5.74, 6) is 0.283. The van der Waals surface area contributed by atoms with E-state index in [9.17, 15) is 14.4 Å². The van der Waals surface area contributed by atoms with E-state index >= 15 is 0 Å². The number of urea groups is 1. The van der Waals surface area contributed by atoms with Crippen LogP contribution in [0.2, 0.25) is 0 Å². The Morgan fingerprint density at radius 2 is 1.77 bits per heavy atom. The zero-order valence-corrected chi connectivity index (χ0v) is 23.3. The zero-order chi connectivity index (χ0) is 28.6. The van der Waals surface area contributed by atoms with Gasteiger partial charge in [-0.3, -0.25) is 9.69 Å². The van der Waals surface area contributed by atoms with E-state index in [1.165, 1.54) is 10.5 Å². The van der Waals surface area contributed by atoms with Crippen LogP contribution in [-0.2, 0) is 4.74 Å². The van der Waals surface area contributed by atoms with Crippen molar-refractivity contribution in [1.82, 2.24) is 10.2 Å². The number of likely N-dealkylation sites (tertiary alicyclic amines) is 1. The van der Waals surface area contributed by atoms with Crippen molar-refractivity contribution in [2.75, 3.05) is 31.1 Å². The summed E-state index contributed by atoms with van der Waals surface area (Å²) in [4.78, 5) is 40.8. The molecule has 1 fully saturated rings. The number of nitriles is 1. The fraction of sp³-hybridized carbons (Fsp3) is 0.467. The summed E-state index contributed by atoms with van der Waals surface area (Å²) in [7, 11) is 0. The Kier molecular flexibility index (Phi) is 9.94. The number of nitrogens with two attached hydrogens (primary N) is 1. The average Bonchev–Trinajstić information content (AvgIpc) is 2.90. The van der Waals surface area contributed by atoms with Crippen molar-refractivity contribution < 1.29 is 19.1 Å². The zero-order valence-electron chi connectivity index (χ0n) is 23.3. The largest absolute Gasteiger partial charge is 0.444 e. The van der Waals surface area contributed by atoms with Crippen molar-refractivity contribution in [2.24, 2.45) is 5.73 Å². The molecule has 0 atom stereocenters. The highest BCUT2D eigenvalue weighted by Crippen LogP contribution is 2.30. The van der Waals surface area contributed by atoms with Gasteiger partial charge in [0.2, 0.25) is 0 Å². The number of nitrogens with zero attached hydrogens (tertiary/aromatic N) is 3. The number of aryl methyl sites for hydroxylation is 1. The van der Waals surface area contributed by atoms with E-state index in [2.05, 4.69) is 11.4 Å². The summed E-state index contributed by atoms with van der Waals surface area (Å²) in [6, 6.07) is 14.6. The maximum Gasteiger partial charge on any atom is 0.407 e. The highest BCUT2D eigenvalue weighted by atomic mass is 16.6. The molecule has 2 aromatic rings. The molecule has 2 aromatic carbocycles. The van der Waals surface area contributed by atoms with Crippen LogP contribution in [0.5, 0.6) is 0 Å². The topological polar surface area (TPSA) is 129 Å². The number of anilines is 1. The molecular formula is C30H39N5O4.